The molecule has 3 amide bonds. The van der Waals surface area contributed by atoms with Gasteiger partial charge in [0, 0.05) is 5.69 Å². The number of aliphatic hydroxyl groups excluding tert-OH is 1. The highest BCUT2D eigenvalue weighted by atomic mass is 19.1. The summed E-state index contributed by atoms with van der Waals surface area (Å²) in [5.74, 6) is -1.35. The maximum atomic E-state index is 13.1. The number of hydrogen-bond acceptors (Lipinski definition) is 3. The van der Waals surface area contributed by atoms with E-state index in [4.69, 9.17) is 0 Å². The lowest BCUT2D eigenvalue weighted by Gasteiger charge is -2.20. The molecule has 1 aliphatic heterocycles. The molecule has 130 valence electrons. The third kappa shape index (κ3) is 3.23. The number of hydrogen-bond donors (Lipinski definition) is 1. The van der Waals surface area contributed by atoms with Gasteiger partial charge < -0.3 is 5.11 Å². The summed E-state index contributed by atoms with van der Waals surface area (Å²) in [7, 11) is 0. The van der Waals surface area contributed by atoms with Gasteiger partial charge in [-0.1, -0.05) is 12.1 Å². The molecular formula is C18H16F2N2O3. The predicted octanol–water partition coefficient (Wildman–Crippen LogP) is 2.86. The number of carbonyl (C=O) groups is 2. The molecule has 1 aliphatic rings. The molecule has 0 aromatic heterocycles. The first-order chi connectivity index (χ1) is 11.9. The van der Waals surface area contributed by atoms with Crippen LogP contribution in [0.2, 0.25) is 0 Å². The van der Waals surface area contributed by atoms with Crippen LogP contribution in [0.25, 0.3) is 0 Å². The van der Waals surface area contributed by atoms with Crippen LogP contribution in [0, 0.1) is 11.6 Å². The van der Waals surface area contributed by atoms with Crippen molar-refractivity contribution in [2.75, 3.05) is 11.4 Å². The molecule has 0 bridgehead atoms. The molecule has 25 heavy (non-hydrogen) atoms. The zero-order valence-corrected chi connectivity index (χ0v) is 13.4. The van der Waals surface area contributed by atoms with Crippen molar-refractivity contribution in [3.63, 3.8) is 0 Å². The molecule has 0 unspecified atom stereocenters. The molecule has 2 aromatic carbocycles. The number of benzene rings is 2. The highest BCUT2D eigenvalue weighted by Gasteiger charge is 2.43. The van der Waals surface area contributed by atoms with Crippen LogP contribution in [-0.4, -0.2) is 34.5 Å². The van der Waals surface area contributed by atoms with E-state index in [1.807, 2.05) is 0 Å². The van der Waals surface area contributed by atoms with Crippen LogP contribution < -0.4 is 4.90 Å². The van der Waals surface area contributed by atoms with Crippen LogP contribution in [0.15, 0.2) is 48.5 Å². The van der Waals surface area contributed by atoms with Gasteiger partial charge in [0.2, 0.25) is 0 Å². The molecule has 7 heteroatoms. The van der Waals surface area contributed by atoms with E-state index in [2.05, 4.69) is 0 Å². The SMILES string of the molecule is C[C@H]1C(=O)N(C[C@H](O)c2ccc(F)cc2)C(=O)N1c1ccc(F)cc1. The molecule has 5 nitrogen and oxygen atoms in total. The van der Waals surface area contributed by atoms with Gasteiger partial charge in [-0.3, -0.25) is 14.6 Å². The van der Waals surface area contributed by atoms with E-state index in [0.29, 0.717) is 11.3 Å². The zero-order valence-electron chi connectivity index (χ0n) is 13.4. The van der Waals surface area contributed by atoms with Crippen molar-refractivity contribution in [1.82, 2.24) is 4.90 Å². The zero-order chi connectivity index (χ0) is 18.1. The van der Waals surface area contributed by atoms with E-state index >= 15 is 0 Å². The summed E-state index contributed by atoms with van der Waals surface area (Å²) in [6, 6.07) is 9.06. The average molecular weight is 346 g/mol. The quantitative estimate of drug-likeness (QED) is 0.866. The number of urea groups is 1. The lowest BCUT2D eigenvalue weighted by atomic mass is 10.1. The Bertz CT molecular complexity index is 793. The number of imide groups is 1. The lowest BCUT2D eigenvalue weighted by molar-refractivity contribution is -0.127. The van der Waals surface area contributed by atoms with E-state index in [9.17, 15) is 23.5 Å². The average Bonchev–Trinajstić information content (AvgIpc) is 2.80. The van der Waals surface area contributed by atoms with Crippen LogP contribution in [0.5, 0.6) is 0 Å². The smallest absolute Gasteiger partial charge is 0.332 e. The van der Waals surface area contributed by atoms with E-state index in [1.165, 1.54) is 53.4 Å². The standard InChI is InChI=1S/C18H16F2N2O3/c1-11-17(24)21(10-16(23)12-2-4-13(19)5-3-12)18(25)22(11)15-8-6-14(20)7-9-15/h2-9,11,16,23H,10H2,1H3/t11-,16-/m0/s1. The molecule has 3 rings (SSSR count). The minimum absolute atomic E-state index is 0.245. The summed E-state index contributed by atoms with van der Waals surface area (Å²) in [5, 5.41) is 10.3. The van der Waals surface area contributed by atoms with Gasteiger partial charge in [-0.2, -0.15) is 0 Å². The first-order valence-electron chi connectivity index (χ1n) is 7.72. The molecule has 0 spiro atoms. The fourth-order valence-corrected chi connectivity index (χ4v) is 2.79. The maximum absolute atomic E-state index is 13.1. The minimum Gasteiger partial charge on any atom is -0.387 e. The number of amides is 3. The molecular weight excluding hydrogens is 330 g/mol. The van der Waals surface area contributed by atoms with Gasteiger partial charge in [-0.15, -0.1) is 0 Å². The van der Waals surface area contributed by atoms with Gasteiger partial charge in [-0.05, 0) is 48.9 Å². The van der Waals surface area contributed by atoms with Crippen molar-refractivity contribution in [2.45, 2.75) is 19.1 Å². The van der Waals surface area contributed by atoms with Gasteiger partial charge in [0.15, 0.2) is 0 Å². The van der Waals surface area contributed by atoms with Crippen LogP contribution in [0.1, 0.15) is 18.6 Å². The van der Waals surface area contributed by atoms with E-state index in [0.717, 1.165) is 4.90 Å². The Labute approximate surface area is 143 Å². The summed E-state index contributed by atoms with van der Waals surface area (Å²) >= 11 is 0. The van der Waals surface area contributed by atoms with Crippen molar-refractivity contribution >= 4 is 17.6 Å². The van der Waals surface area contributed by atoms with Crippen molar-refractivity contribution in [3.8, 4) is 0 Å². The first-order valence-corrected chi connectivity index (χ1v) is 7.72. The Morgan fingerprint density at radius 3 is 2.08 bits per heavy atom. The normalized spacial score (nSPS) is 18.8. The highest BCUT2D eigenvalue weighted by Crippen LogP contribution is 2.27. The highest BCUT2D eigenvalue weighted by molar-refractivity contribution is 6.14. The third-order valence-electron chi connectivity index (χ3n) is 4.16. The van der Waals surface area contributed by atoms with Crippen LogP contribution >= 0.6 is 0 Å². The molecule has 0 radical (unpaired) electrons. The number of halogens is 2. The largest absolute Gasteiger partial charge is 0.387 e. The topological polar surface area (TPSA) is 60.9 Å². The first kappa shape index (κ1) is 17.0. The van der Waals surface area contributed by atoms with Gasteiger partial charge in [-0.25, -0.2) is 13.6 Å². The van der Waals surface area contributed by atoms with Crippen LogP contribution in [0.4, 0.5) is 19.3 Å². The Hall–Kier alpha value is -2.80. The number of anilines is 1. The molecule has 1 N–H and O–H groups in total. The molecule has 1 fully saturated rings. The Morgan fingerprint density at radius 2 is 1.52 bits per heavy atom. The number of β-amino-alcohol motifs (C(OH)–C–C–N with tert-alkyl or cyclic N) is 1. The van der Waals surface area contributed by atoms with E-state index < -0.39 is 35.7 Å². The number of nitrogens with zero attached hydrogens (tertiary/aromatic N) is 2. The predicted molar refractivity (Wildman–Crippen MR) is 86.8 cm³/mol. The second-order valence-electron chi connectivity index (χ2n) is 5.82. The van der Waals surface area contributed by atoms with E-state index in [1.54, 1.807) is 6.92 Å². The number of aliphatic hydroxyl groups is 1. The molecule has 2 atom stereocenters. The summed E-state index contributed by atoms with van der Waals surface area (Å²) in [4.78, 5) is 27.2. The molecule has 0 saturated carbocycles. The molecule has 0 aliphatic carbocycles. The number of carbonyl (C=O) groups excluding carboxylic acids is 2. The van der Waals surface area contributed by atoms with E-state index in [-0.39, 0.29) is 6.54 Å². The van der Waals surface area contributed by atoms with Crippen molar-refractivity contribution in [3.05, 3.63) is 65.7 Å². The van der Waals surface area contributed by atoms with Crippen LogP contribution in [-0.2, 0) is 4.79 Å². The second-order valence-corrected chi connectivity index (χ2v) is 5.82. The number of rotatable bonds is 4. The Balaban J connectivity index is 1.80. The van der Waals surface area contributed by atoms with Crippen molar-refractivity contribution in [2.24, 2.45) is 0 Å². The molecule has 2 aromatic rings. The maximum Gasteiger partial charge on any atom is 0.332 e. The van der Waals surface area contributed by atoms with Gasteiger partial charge in [0.1, 0.15) is 17.7 Å². The van der Waals surface area contributed by atoms with Gasteiger partial charge in [0.05, 0.1) is 12.6 Å². The second kappa shape index (κ2) is 6.60. The lowest BCUT2D eigenvalue weighted by Crippen LogP contribution is -2.36. The van der Waals surface area contributed by atoms with Crippen molar-refractivity contribution in [1.29, 1.82) is 0 Å². The summed E-state index contributed by atoms with van der Waals surface area (Å²) in [6.45, 7) is 1.32. The third-order valence-corrected chi connectivity index (χ3v) is 4.16. The Morgan fingerprint density at radius 1 is 1.00 bits per heavy atom. The van der Waals surface area contributed by atoms with Crippen molar-refractivity contribution < 1.29 is 23.5 Å². The fourth-order valence-electron chi connectivity index (χ4n) is 2.79. The fraction of sp³-hybridized carbons (Fsp3) is 0.222. The summed E-state index contributed by atoms with van der Waals surface area (Å²) in [5.41, 5.74) is 0.793. The Kier molecular flexibility index (Phi) is 4.50. The van der Waals surface area contributed by atoms with Crippen LogP contribution in [0.3, 0.4) is 0 Å². The summed E-state index contributed by atoms with van der Waals surface area (Å²) < 4.78 is 26.0. The van der Waals surface area contributed by atoms with Gasteiger partial charge >= 0.3 is 6.03 Å². The molecule has 1 saturated heterocycles. The summed E-state index contributed by atoms with van der Waals surface area (Å²) in [6.07, 6.45) is -1.13. The van der Waals surface area contributed by atoms with Gasteiger partial charge in [0.25, 0.3) is 5.91 Å². The minimum atomic E-state index is -1.13. The molecule has 1 heterocycles. The monoisotopic (exact) mass is 346 g/mol.